The fourth-order valence-corrected chi connectivity index (χ4v) is 3.35. The van der Waals surface area contributed by atoms with E-state index in [0.29, 0.717) is 27.9 Å². The molecule has 27 heavy (non-hydrogen) atoms. The van der Waals surface area contributed by atoms with Crippen LogP contribution in [0.5, 0.6) is 17.2 Å². The maximum atomic E-state index is 12.7. The van der Waals surface area contributed by atoms with E-state index in [2.05, 4.69) is 10.3 Å². The minimum Gasteiger partial charge on any atom is -0.493 e. The molecule has 1 heterocycles. The number of anilines is 1. The molecular weight excluding hydrogens is 364 g/mol. The number of carbonyl (C=O) groups excluding carboxylic acids is 1. The molecule has 3 rings (SSSR count). The number of amides is 1. The van der Waals surface area contributed by atoms with Gasteiger partial charge >= 0.3 is 0 Å². The number of methoxy groups -OCH3 is 3. The van der Waals surface area contributed by atoms with Crippen molar-refractivity contribution in [2.75, 3.05) is 26.6 Å². The van der Waals surface area contributed by atoms with Crippen molar-refractivity contribution in [3.8, 4) is 28.5 Å². The van der Waals surface area contributed by atoms with Crippen molar-refractivity contribution in [2.45, 2.75) is 6.92 Å². The number of benzene rings is 2. The van der Waals surface area contributed by atoms with Crippen LogP contribution in [-0.2, 0) is 0 Å². The summed E-state index contributed by atoms with van der Waals surface area (Å²) in [5.41, 5.74) is 3.33. The predicted octanol–water partition coefficient (Wildman–Crippen LogP) is 4.40. The quantitative estimate of drug-likeness (QED) is 0.682. The average molecular weight is 384 g/mol. The third-order valence-corrected chi connectivity index (χ3v) is 4.78. The summed E-state index contributed by atoms with van der Waals surface area (Å²) < 4.78 is 15.9. The molecule has 0 saturated heterocycles. The lowest BCUT2D eigenvalue weighted by Crippen LogP contribution is -2.13. The number of hydrogen-bond acceptors (Lipinski definition) is 6. The lowest BCUT2D eigenvalue weighted by Gasteiger charge is -2.15. The largest absolute Gasteiger partial charge is 0.493 e. The van der Waals surface area contributed by atoms with Gasteiger partial charge in [-0.05, 0) is 19.1 Å². The molecule has 1 N–H and O–H groups in total. The van der Waals surface area contributed by atoms with Crippen molar-refractivity contribution < 1.29 is 19.0 Å². The Labute approximate surface area is 161 Å². The fourth-order valence-electron chi connectivity index (χ4n) is 2.63. The lowest BCUT2D eigenvalue weighted by atomic mass is 10.1. The molecular formula is C20H20N2O4S. The number of aromatic nitrogens is 1. The molecule has 0 fully saturated rings. The first-order valence-electron chi connectivity index (χ1n) is 8.20. The van der Waals surface area contributed by atoms with Crippen molar-refractivity contribution >= 4 is 22.4 Å². The van der Waals surface area contributed by atoms with Crippen LogP contribution in [-0.4, -0.2) is 32.2 Å². The van der Waals surface area contributed by atoms with E-state index in [1.54, 1.807) is 12.1 Å². The SMILES string of the molecule is COc1ccc(C(=O)Nc2nc(-c3ccc(C)cc3)cs2)c(OC)c1OC. The number of nitrogens with one attached hydrogen (secondary N) is 1. The molecule has 0 radical (unpaired) electrons. The van der Waals surface area contributed by atoms with Crippen molar-refractivity contribution in [1.29, 1.82) is 0 Å². The summed E-state index contributed by atoms with van der Waals surface area (Å²) in [7, 11) is 4.50. The van der Waals surface area contributed by atoms with Crippen LogP contribution in [0.3, 0.4) is 0 Å². The summed E-state index contributed by atoms with van der Waals surface area (Å²) >= 11 is 1.36. The monoisotopic (exact) mass is 384 g/mol. The van der Waals surface area contributed by atoms with Crippen LogP contribution >= 0.6 is 11.3 Å². The maximum absolute atomic E-state index is 12.7. The van der Waals surface area contributed by atoms with Crippen molar-refractivity contribution in [2.24, 2.45) is 0 Å². The van der Waals surface area contributed by atoms with Crippen LogP contribution in [0.25, 0.3) is 11.3 Å². The topological polar surface area (TPSA) is 69.7 Å². The molecule has 3 aromatic rings. The van der Waals surface area contributed by atoms with E-state index < -0.39 is 0 Å². The van der Waals surface area contributed by atoms with E-state index in [0.717, 1.165) is 11.3 Å². The molecule has 0 saturated carbocycles. The van der Waals surface area contributed by atoms with Gasteiger partial charge in [0.1, 0.15) is 0 Å². The van der Waals surface area contributed by atoms with Gasteiger partial charge < -0.3 is 14.2 Å². The van der Waals surface area contributed by atoms with Crippen molar-refractivity contribution in [3.63, 3.8) is 0 Å². The average Bonchev–Trinajstić information content (AvgIpc) is 3.15. The van der Waals surface area contributed by atoms with E-state index in [9.17, 15) is 4.79 Å². The van der Waals surface area contributed by atoms with Gasteiger partial charge in [-0.3, -0.25) is 10.1 Å². The molecule has 0 aliphatic heterocycles. The van der Waals surface area contributed by atoms with E-state index in [1.807, 2.05) is 36.6 Å². The highest BCUT2D eigenvalue weighted by Crippen LogP contribution is 2.40. The van der Waals surface area contributed by atoms with Gasteiger partial charge in [0, 0.05) is 10.9 Å². The number of hydrogen-bond donors (Lipinski definition) is 1. The van der Waals surface area contributed by atoms with Gasteiger partial charge in [0.2, 0.25) is 5.75 Å². The Morgan fingerprint density at radius 3 is 2.30 bits per heavy atom. The molecule has 6 nitrogen and oxygen atoms in total. The van der Waals surface area contributed by atoms with Crippen LogP contribution in [0, 0.1) is 6.92 Å². The summed E-state index contributed by atoms with van der Waals surface area (Å²) in [5.74, 6) is 0.830. The first-order valence-corrected chi connectivity index (χ1v) is 9.08. The summed E-state index contributed by atoms with van der Waals surface area (Å²) in [6.45, 7) is 2.03. The Balaban J connectivity index is 1.85. The minimum atomic E-state index is -0.336. The Kier molecular flexibility index (Phi) is 5.61. The second kappa shape index (κ2) is 8.09. The summed E-state index contributed by atoms with van der Waals surface area (Å²) in [4.78, 5) is 17.2. The molecule has 1 amide bonds. The van der Waals surface area contributed by atoms with Crippen LogP contribution in [0.1, 0.15) is 15.9 Å². The van der Waals surface area contributed by atoms with Crippen LogP contribution in [0.15, 0.2) is 41.8 Å². The number of ether oxygens (including phenoxy) is 3. The summed E-state index contributed by atoms with van der Waals surface area (Å²) in [6, 6.07) is 11.4. The summed E-state index contributed by atoms with van der Waals surface area (Å²) in [5, 5.41) is 5.23. The number of thiazole rings is 1. The van der Waals surface area contributed by atoms with Crippen LogP contribution < -0.4 is 19.5 Å². The van der Waals surface area contributed by atoms with Gasteiger partial charge in [0.05, 0.1) is 32.6 Å². The number of aryl methyl sites for hydroxylation is 1. The van der Waals surface area contributed by atoms with Gasteiger partial charge in [-0.1, -0.05) is 29.8 Å². The van der Waals surface area contributed by atoms with Crippen LogP contribution in [0.2, 0.25) is 0 Å². The van der Waals surface area contributed by atoms with Gasteiger partial charge in [-0.15, -0.1) is 11.3 Å². The highest BCUT2D eigenvalue weighted by atomic mass is 32.1. The smallest absolute Gasteiger partial charge is 0.261 e. The Morgan fingerprint density at radius 2 is 1.67 bits per heavy atom. The molecule has 140 valence electrons. The van der Waals surface area contributed by atoms with E-state index >= 15 is 0 Å². The Morgan fingerprint density at radius 1 is 0.963 bits per heavy atom. The van der Waals surface area contributed by atoms with E-state index in [4.69, 9.17) is 14.2 Å². The normalized spacial score (nSPS) is 10.4. The molecule has 0 aliphatic rings. The van der Waals surface area contributed by atoms with Gasteiger partial charge in [-0.2, -0.15) is 0 Å². The van der Waals surface area contributed by atoms with Crippen LogP contribution in [0.4, 0.5) is 5.13 Å². The zero-order chi connectivity index (χ0) is 19.4. The molecule has 0 spiro atoms. The molecule has 0 bridgehead atoms. The molecule has 0 aliphatic carbocycles. The highest BCUT2D eigenvalue weighted by molar-refractivity contribution is 7.14. The van der Waals surface area contributed by atoms with Gasteiger partial charge in [0.15, 0.2) is 16.6 Å². The van der Waals surface area contributed by atoms with Crippen molar-refractivity contribution in [1.82, 2.24) is 4.98 Å². The second-order valence-corrected chi connectivity index (χ2v) is 6.60. The minimum absolute atomic E-state index is 0.310. The van der Waals surface area contributed by atoms with Crippen molar-refractivity contribution in [3.05, 3.63) is 52.9 Å². The standard InChI is InChI=1S/C20H20N2O4S/c1-12-5-7-13(8-6-12)15-11-27-20(21-15)22-19(23)14-9-10-16(24-2)18(26-4)17(14)25-3/h5-11H,1-4H3,(H,21,22,23). The predicted molar refractivity (Wildman–Crippen MR) is 106 cm³/mol. The zero-order valence-electron chi connectivity index (χ0n) is 15.5. The first kappa shape index (κ1) is 18.7. The fraction of sp³-hybridized carbons (Fsp3) is 0.200. The molecule has 2 aromatic carbocycles. The molecule has 0 atom stereocenters. The maximum Gasteiger partial charge on any atom is 0.261 e. The second-order valence-electron chi connectivity index (χ2n) is 5.74. The Bertz CT molecular complexity index is 951. The first-order chi connectivity index (χ1) is 13.1. The number of carbonyl (C=O) groups is 1. The zero-order valence-corrected chi connectivity index (χ0v) is 16.3. The number of rotatable bonds is 6. The Hall–Kier alpha value is -3.06. The summed E-state index contributed by atoms with van der Waals surface area (Å²) in [6.07, 6.45) is 0. The van der Waals surface area contributed by atoms with E-state index in [-0.39, 0.29) is 5.91 Å². The number of nitrogens with zero attached hydrogens (tertiary/aromatic N) is 1. The highest BCUT2D eigenvalue weighted by Gasteiger charge is 2.21. The molecule has 7 heteroatoms. The molecule has 0 unspecified atom stereocenters. The third-order valence-electron chi connectivity index (χ3n) is 4.02. The van der Waals surface area contributed by atoms with Gasteiger partial charge in [-0.25, -0.2) is 4.98 Å². The van der Waals surface area contributed by atoms with E-state index in [1.165, 1.54) is 38.2 Å². The lowest BCUT2D eigenvalue weighted by molar-refractivity contribution is 0.102. The third kappa shape index (κ3) is 3.88. The van der Waals surface area contributed by atoms with Gasteiger partial charge in [0.25, 0.3) is 5.91 Å². The molecule has 1 aromatic heterocycles.